The monoisotopic (exact) mass is 391 g/mol. The molecule has 3 aromatic rings. The zero-order chi connectivity index (χ0) is 20.4. The molecule has 4 rings (SSSR count). The second-order valence-corrected chi connectivity index (χ2v) is 7.90. The van der Waals surface area contributed by atoms with Gasteiger partial charge in [0.05, 0.1) is 11.5 Å². The molecule has 29 heavy (non-hydrogen) atoms. The number of aryl methyl sites for hydroxylation is 1. The van der Waals surface area contributed by atoms with Crippen molar-refractivity contribution >= 4 is 5.91 Å². The largest absolute Gasteiger partial charge is 0.420 e. The van der Waals surface area contributed by atoms with Crippen LogP contribution in [0.1, 0.15) is 27.7 Å². The van der Waals surface area contributed by atoms with E-state index < -0.39 is 0 Å². The maximum Gasteiger partial charge on any atom is 0.255 e. The Labute approximate surface area is 170 Å². The highest BCUT2D eigenvalue weighted by Crippen LogP contribution is 2.34. The van der Waals surface area contributed by atoms with Crippen LogP contribution in [0.25, 0.3) is 11.5 Å². The molecule has 1 saturated heterocycles. The number of hydrogen-bond donors (Lipinski definition) is 0. The van der Waals surface area contributed by atoms with Crippen molar-refractivity contribution in [1.82, 2.24) is 25.0 Å². The summed E-state index contributed by atoms with van der Waals surface area (Å²) in [4.78, 5) is 21.2. The fourth-order valence-corrected chi connectivity index (χ4v) is 3.91. The van der Waals surface area contributed by atoms with E-state index in [0.717, 1.165) is 17.7 Å². The van der Waals surface area contributed by atoms with Gasteiger partial charge in [0.15, 0.2) is 0 Å². The van der Waals surface area contributed by atoms with Crippen LogP contribution in [0.5, 0.6) is 0 Å². The first kappa shape index (κ1) is 19.3. The zero-order valence-corrected chi connectivity index (χ0v) is 16.9. The first-order chi connectivity index (χ1) is 14.0. The van der Waals surface area contributed by atoms with Crippen LogP contribution in [-0.2, 0) is 0 Å². The summed E-state index contributed by atoms with van der Waals surface area (Å²) in [5, 5.41) is 8.57. The first-order valence-corrected chi connectivity index (χ1v) is 9.75. The van der Waals surface area contributed by atoms with E-state index in [4.69, 9.17) is 4.42 Å². The van der Waals surface area contributed by atoms with Crippen LogP contribution in [0.3, 0.4) is 0 Å². The van der Waals surface area contributed by atoms with E-state index in [0.29, 0.717) is 30.4 Å². The Balaban J connectivity index is 1.58. The van der Waals surface area contributed by atoms with Crippen molar-refractivity contribution in [2.45, 2.75) is 12.8 Å². The molecule has 1 aromatic carbocycles. The Hall–Kier alpha value is -3.06. The number of carbonyl (C=O) groups is 1. The zero-order valence-electron chi connectivity index (χ0n) is 16.9. The average molecular weight is 391 g/mol. The van der Waals surface area contributed by atoms with E-state index in [1.807, 2.05) is 62.3 Å². The van der Waals surface area contributed by atoms with Crippen molar-refractivity contribution in [3.05, 3.63) is 65.8 Å². The predicted molar refractivity (Wildman–Crippen MR) is 109 cm³/mol. The van der Waals surface area contributed by atoms with Crippen LogP contribution in [0.4, 0.5) is 0 Å². The topological polar surface area (TPSA) is 75.4 Å². The van der Waals surface area contributed by atoms with Crippen LogP contribution in [0, 0.1) is 12.8 Å². The van der Waals surface area contributed by atoms with Crippen LogP contribution in [-0.4, -0.2) is 64.6 Å². The lowest BCUT2D eigenvalue weighted by Gasteiger charge is -2.19. The Morgan fingerprint density at radius 1 is 1.17 bits per heavy atom. The van der Waals surface area contributed by atoms with Gasteiger partial charge in [0.2, 0.25) is 11.8 Å². The summed E-state index contributed by atoms with van der Waals surface area (Å²) in [6.07, 6.45) is 3.38. The number of nitrogens with zero attached hydrogens (tertiary/aromatic N) is 5. The van der Waals surface area contributed by atoms with Gasteiger partial charge in [0.25, 0.3) is 5.91 Å². The van der Waals surface area contributed by atoms with Gasteiger partial charge in [-0.25, -0.2) is 0 Å². The lowest BCUT2D eigenvalue weighted by Crippen LogP contribution is -2.30. The average Bonchev–Trinajstić information content (AvgIpc) is 3.35. The van der Waals surface area contributed by atoms with Gasteiger partial charge in [-0.3, -0.25) is 9.78 Å². The van der Waals surface area contributed by atoms with E-state index >= 15 is 0 Å². The summed E-state index contributed by atoms with van der Waals surface area (Å²) in [5.74, 6) is 1.32. The molecule has 0 saturated carbocycles. The Bertz CT molecular complexity index is 986. The van der Waals surface area contributed by atoms with Gasteiger partial charge in [-0.2, -0.15) is 0 Å². The summed E-state index contributed by atoms with van der Waals surface area (Å²) < 4.78 is 6.03. The highest BCUT2D eigenvalue weighted by molar-refractivity contribution is 5.94. The molecule has 0 bridgehead atoms. The van der Waals surface area contributed by atoms with E-state index in [2.05, 4.69) is 20.1 Å². The third-order valence-corrected chi connectivity index (χ3v) is 5.23. The molecular formula is C22H25N5O2. The molecule has 0 aliphatic carbocycles. The third-order valence-electron chi connectivity index (χ3n) is 5.23. The van der Waals surface area contributed by atoms with E-state index in [1.165, 1.54) is 0 Å². The van der Waals surface area contributed by atoms with E-state index in [-0.39, 0.29) is 17.7 Å². The number of likely N-dealkylation sites (tertiary alicyclic amines) is 1. The molecule has 0 N–H and O–H groups in total. The minimum atomic E-state index is -0.00439. The molecule has 0 unspecified atom stereocenters. The summed E-state index contributed by atoms with van der Waals surface area (Å²) in [7, 11) is 4.07. The minimum absolute atomic E-state index is 0.00378. The van der Waals surface area contributed by atoms with E-state index in [9.17, 15) is 4.79 Å². The minimum Gasteiger partial charge on any atom is -0.420 e. The predicted octanol–water partition coefficient (Wildman–Crippen LogP) is 2.86. The summed E-state index contributed by atoms with van der Waals surface area (Å²) in [5.41, 5.74) is 2.48. The first-order valence-electron chi connectivity index (χ1n) is 9.75. The van der Waals surface area contributed by atoms with Crippen molar-refractivity contribution in [2.75, 3.05) is 33.7 Å². The molecule has 150 valence electrons. The highest BCUT2D eigenvalue weighted by atomic mass is 16.4. The van der Waals surface area contributed by atoms with Gasteiger partial charge in [-0.05, 0) is 44.8 Å². The second-order valence-electron chi connectivity index (χ2n) is 7.90. The molecule has 3 heterocycles. The second kappa shape index (κ2) is 8.13. The Kier molecular flexibility index (Phi) is 5.40. The number of hydrogen-bond acceptors (Lipinski definition) is 6. The SMILES string of the molecule is Cc1cncc(C(=O)N2C[C@H](CN(C)C)[C@@H](c3nnc(-c4ccccc4)o3)C2)c1. The molecule has 0 radical (unpaired) electrons. The summed E-state index contributed by atoms with van der Waals surface area (Å²) in [6.45, 7) is 3.99. The smallest absolute Gasteiger partial charge is 0.255 e. The number of rotatable bonds is 5. The third kappa shape index (κ3) is 4.19. The molecular weight excluding hydrogens is 366 g/mol. The molecule has 7 heteroatoms. The standard InChI is InChI=1S/C22H25N5O2/c1-15-9-17(11-23-10-15)22(28)27-13-18(12-26(2)3)19(14-27)21-25-24-20(29-21)16-7-5-4-6-8-16/h4-11,18-19H,12-14H2,1-3H3/t18-,19-/m0/s1. The van der Waals surface area contributed by atoms with Crippen molar-refractivity contribution < 1.29 is 9.21 Å². The molecule has 1 fully saturated rings. The number of pyridine rings is 1. The molecule has 1 aliphatic heterocycles. The highest BCUT2D eigenvalue weighted by Gasteiger charge is 2.39. The molecule has 0 spiro atoms. The molecule has 1 aliphatic rings. The van der Waals surface area contributed by atoms with Gasteiger partial charge < -0.3 is 14.2 Å². The fourth-order valence-electron chi connectivity index (χ4n) is 3.91. The molecule has 7 nitrogen and oxygen atoms in total. The van der Waals surface area contributed by atoms with Crippen LogP contribution in [0.15, 0.2) is 53.2 Å². The van der Waals surface area contributed by atoms with Gasteiger partial charge in [-0.15, -0.1) is 10.2 Å². The summed E-state index contributed by atoms with van der Waals surface area (Å²) in [6, 6.07) is 11.6. The number of aromatic nitrogens is 3. The quantitative estimate of drug-likeness (QED) is 0.666. The maximum absolute atomic E-state index is 13.0. The van der Waals surface area contributed by atoms with Crippen LogP contribution >= 0.6 is 0 Å². The van der Waals surface area contributed by atoms with Gasteiger partial charge in [0.1, 0.15) is 0 Å². The van der Waals surface area contributed by atoms with Crippen LogP contribution in [0.2, 0.25) is 0 Å². The molecule has 2 atom stereocenters. The number of amides is 1. The fraction of sp³-hybridized carbons (Fsp3) is 0.364. The van der Waals surface area contributed by atoms with Crippen molar-refractivity contribution in [3.63, 3.8) is 0 Å². The number of carbonyl (C=O) groups excluding carboxylic acids is 1. The van der Waals surface area contributed by atoms with Crippen LogP contribution < -0.4 is 0 Å². The number of benzene rings is 1. The Morgan fingerprint density at radius 3 is 2.69 bits per heavy atom. The maximum atomic E-state index is 13.0. The molecule has 2 aromatic heterocycles. The van der Waals surface area contributed by atoms with E-state index in [1.54, 1.807) is 12.4 Å². The lowest BCUT2D eigenvalue weighted by atomic mass is 9.95. The normalized spacial score (nSPS) is 19.1. The van der Waals surface area contributed by atoms with Crippen molar-refractivity contribution in [2.24, 2.45) is 5.92 Å². The summed E-state index contributed by atoms with van der Waals surface area (Å²) >= 11 is 0. The lowest BCUT2D eigenvalue weighted by molar-refractivity contribution is 0.0783. The van der Waals surface area contributed by atoms with Gasteiger partial charge in [0, 0.05) is 43.5 Å². The molecule has 1 amide bonds. The van der Waals surface area contributed by atoms with Gasteiger partial charge in [-0.1, -0.05) is 18.2 Å². The van der Waals surface area contributed by atoms with Gasteiger partial charge >= 0.3 is 0 Å². The Morgan fingerprint density at radius 2 is 1.97 bits per heavy atom. The van der Waals surface area contributed by atoms with Crippen molar-refractivity contribution in [3.8, 4) is 11.5 Å². The van der Waals surface area contributed by atoms with Crippen molar-refractivity contribution in [1.29, 1.82) is 0 Å².